The molecule has 0 heterocycles. The van der Waals surface area contributed by atoms with E-state index in [1.807, 2.05) is 13.8 Å². The second-order valence-electron chi connectivity index (χ2n) is 5.68. The minimum atomic E-state index is -0.0801. The van der Waals surface area contributed by atoms with E-state index in [0.717, 1.165) is 11.3 Å². The zero-order valence-electron chi connectivity index (χ0n) is 13.8. The molecular weight excluding hydrogens is 288 g/mol. The Morgan fingerprint density at radius 3 is 2.57 bits per heavy atom. The van der Waals surface area contributed by atoms with Gasteiger partial charge < -0.3 is 10.6 Å². The van der Waals surface area contributed by atoms with Gasteiger partial charge in [0.05, 0.1) is 0 Å². The predicted molar refractivity (Wildman–Crippen MR) is 94.1 cm³/mol. The quantitative estimate of drug-likeness (QED) is 0.794. The van der Waals surface area contributed by atoms with Crippen molar-refractivity contribution in [2.24, 2.45) is 0 Å². The summed E-state index contributed by atoms with van der Waals surface area (Å²) in [5.41, 5.74) is 4.64. The van der Waals surface area contributed by atoms with Gasteiger partial charge in [0, 0.05) is 29.9 Å². The highest BCUT2D eigenvalue weighted by Gasteiger charge is 2.05. The summed E-state index contributed by atoms with van der Waals surface area (Å²) in [4.78, 5) is 23.3. The van der Waals surface area contributed by atoms with Crippen LogP contribution < -0.4 is 10.6 Å². The van der Waals surface area contributed by atoms with Crippen molar-refractivity contribution < 1.29 is 9.59 Å². The molecule has 2 rings (SSSR count). The topological polar surface area (TPSA) is 58.2 Å². The number of rotatable bonds is 6. The van der Waals surface area contributed by atoms with Gasteiger partial charge >= 0.3 is 0 Å². The Morgan fingerprint density at radius 2 is 1.83 bits per heavy atom. The molecule has 1 amide bonds. The molecule has 0 aliphatic carbocycles. The Bertz CT molecular complexity index is 723. The van der Waals surface area contributed by atoms with Crippen LogP contribution in [-0.4, -0.2) is 18.2 Å². The Labute approximate surface area is 136 Å². The van der Waals surface area contributed by atoms with Crippen LogP contribution in [0.15, 0.2) is 42.5 Å². The predicted octanol–water partition coefficient (Wildman–Crippen LogP) is 3.95. The Morgan fingerprint density at radius 1 is 1.04 bits per heavy atom. The molecule has 0 aromatic heterocycles. The summed E-state index contributed by atoms with van der Waals surface area (Å²) < 4.78 is 0. The lowest BCUT2D eigenvalue weighted by molar-refractivity contribution is -0.115. The number of ketones is 1. The molecule has 0 atom stereocenters. The van der Waals surface area contributed by atoms with Gasteiger partial charge in [-0.05, 0) is 50.1 Å². The molecule has 0 saturated heterocycles. The summed E-state index contributed by atoms with van der Waals surface area (Å²) in [6.07, 6.45) is 0.359. The molecule has 2 N–H and O–H groups in total. The minimum Gasteiger partial charge on any atom is -0.384 e. The van der Waals surface area contributed by atoms with Crippen molar-refractivity contribution in [3.63, 3.8) is 0 Å². The van der Waals surface area contributed by atoms with Crippen LogP contribution in [0, 0.1) is 13.8 Å². The van der Waals surface area contributed by atoms with E-state index in [0.29, 0.717) is 24.2 Å². The molecule has 0 aliphatic rings. The molecule has 4 nitrogen and oxygen atoms in total. The van der Waals surface area contributed by atoms with Crippen molar-refractivity contribution >= 4 is 23.1 Å². The molecule has 0 radical (unpaired) electrons. The van der Waals surface area contributed by atoms with E-state index in [1.165, 1.54) is 12.5 Å². The number of hydrogen-bond acceptors (Lipinski definition) is 3. The van der Waals surface area contributed by atoms with Crippen LogP contribution in [0.2, 0.25) is 0 Å². The third-order valence-corrected chi connectivity index (χ3v) is 3.61. The summed E-state index contributed by atoms with van der Waals surface area (Å²) in [5, 5.41) is 6.10. The van der Waals surface area contributed by atoms with Crippen LogP contribution in [0.4, 0.5) is 11.4 Å². The summed E-state index contributed by atoms with van der Waals surface area (Å²) >= 11 is 0. The first-order valence-electron chi connectivity index (χ1n) is 7.67. The fourth-order valence-corrected chi connectivity index (χ4v) is 2.28. The zero-order valence-corrected chi connectivity index (χ0v) is 13.8. The third kappa shape index (κ3) is 4.95. The largest absolute Gasteiger partial charge is 0.384 e. The monoisotopic (exact) mass is 310 g/mol. The van der Waals surface area contributed by atoms with Crippen LogP contribution in [0.3, 0.4) is 0 Å². The van der Waals surface area contributed by atoms with Crippen molar-refractivity contribution in [1.29, 1.82) is 0 Å². The molecular formula is C19H22N2O2. The first kappa shape index (κ1) is 16.7. The molecule has 120 valence electrons. The first-order valence-corrected chi connectivity index (χ1v) is 7.67. The number of Topliss-reactive ketones (excluding diaryl/α,β-unsaturated/α-hetero) is 1. The lowest BCUT2D eigenvalue weighted by Crippen LogP contribution is -2.16. The van der Waals surface area contributed by atoms with Gasteiger partial charge in [-0.3, -0.25) is 9.59 Å². The van der Waals surface area contributed by atoms with E-state index in [-0.39, 0.29) is 11.7 Å². The first-order chi connectivity index (χ1) is 11.0. The summed E-state index contributed by atoms with van der Waals surface area (Å²) in [6, 6.07) is 13.2. The van der Waals surface area contributed by atoms with Gasteiger partial charge in [0.25, 0.3) is 0 Å². The molecule has 4 heteroatoms. The molecule has 0 bridgehead atoms. The fraction of sp³-hybridized carbons (Fsp3) is 0.263. The highest BCUT2D eigenvalue weighted by molar-refractivity contribution is 5.97. The SMILES string of the molecule is CC(=O)c1cccc(NC(=O)CCNc2cc(C)ccc2C)c1. The average molecular weight is 310 g/mol. The van der Waals surface area contributed by atoms with Gasteiger partial charge in [-0.25, -0.2) is 0 Å². The second kappa shape index (κ2) is 7.58. The van der Waals surface area contributed by atoms with E-state index in [1.54, 1.807) is 24.3 Å². The Kier molecular flexibility index (Phi) is 5.52. The number of aryl methyl sites for hydroxylation is 2. The minimum absolute atomic E-state index is 0.0160. The number of benzene rings is 2. The number of anilines is 2. The summed E-state index contributed by atoms with van der Waals surface area (Å²) in [7, 11) is 0. The summed E-state index contributed by atoms with van der Waals surface area (Å²) in [6.45, 7) is 6.14. The lowest BCUT2D eigenvalue weighted by Gasteiger charge is -2.11. The van der Waals surface area contributed by atoms with Gasteiger partial charge in [-0.1, -0.05) is 24.3 Å². The fourth-order valence-electron chi connectivity index (χ4n) is 2.28. The van der Waals surface area contributed by atoms with Crippen molar-refractivity contribution in [3.8, 4) is 0 Å². The molecule has 2 aromatic carbocycles. The molecule has 0 aliphatic heterocycles. The molecule has 0 saturated carbocycles. The van der Waals surface area contributed by atoms with Gasteiger partial charge in [0.1, 0.15) is 0 Å². The van der Waals surface area contributed by atoms with Crippen LogP contribution in [0.1, 0.15) is 34.8 Å². The van der Waals surface area contributed by atoms with E-state index in [2.05, 4.69) is 28.8 Å². The lowest BCUT2D eigenvalue weighted by atomic mass is 10.1. The average Bonchev–Trinajstić information content (AvgIpc) is 2.51. The maximum Gasteiger partial charge on any atom is 0.226 e. The van der Waals surface area contributed by atoms with E-state index >= 15 is 0 Å². The maximum absolute atomic E-state index is 12.0. The van der Waals surface area contributed by atoms with Crippen LogP contribution in [0.25, 0.3) is 0 Å². The van der Waals surface area contributed by atoms with E-state index in [4.69, 9.17) is 0 Å². The number of amides is 1. The number of nitrogens with one attached hydrogen (secondary N) is 2. The van der Waals surface area contributed by atoms with Crippen LogP contribution >= 0.6 is 0 Å². The smallest absolute Gasteiger partial charge is 0.226 e. The maximum atomic E-state index is 12.0. The van der Waals surface area contributed by atoms with E-state index in [9.17, 15) is 9.59 Å². The Balaban J connectivity index is 1.87. The standard InChI is InChI=1S/C19H22N2O2/c1-13-7-8-14(2)18(11-13)20-10-9-19(23)21-17-6-4-5-16(12-17)15(3)22/h4-8,11-12,20H,9-10H2,1-3H3,(H,21,23). The molecule has 2 aromatic rings. The second-order valence-corrected chi connectivity index (χ2v) is 5.68. The van der Waals surface area contributed by atoms with Crippen molar-refractivity contribution in [3.05, 3.63) is 59.2 Å². The third-order valence-electron chi connectivity index (χ3n) is 3.61. The molecule has 0 spiro atoms. The van der Waals surface area contributed by atoms with Gasteiger partial charge in [0.15, 0.2) is 5.78 Å². The van der Waals surface area contributed by atoms with Gasteiger partial charge in [0.2, 0.25) is 5.91 Å². The highest BCUT2D eigenvalue weighted by atomic mass is 16.1. The van der Waals surface area contributed by atoms with Gasteiger partial charge in [-0.2, -0.15) is 0 Å². The van der Waals surface area contributed by atoms with E-state index < -0.39 is 0 Å². The van der Waals surface area contributed by atoms with Crippen molar-refractivity contribution in [1.82, 2.24) is 0 Å². The number of carbonyl (C=O) groups is 2. The zero-order chi connectivity index (χ0) is 16.8. The Hall–Kier alpha value is -2.62. The number of hydrogen-bond donors (Lipinski definition) is 2. The van der Waals surface area contributed by atoms with Crippen LogP contribution in [0.5, 0.6) is 0 Å². The summed E-state index contributed by atoms with van der Waals surface area (Å²) in [5.74, 6) is -0.0961. The van der Waals surface area contributed by atoms with Crippen molar-refractivity contribution in [2.75, 3.05) is 17.2 Å². The molecule has 0 unspecified atom stereocenters. The normalized spacial score (nSPS) is 10.2. The van der Waals surface area contributed by atoms with Crippen LogP contribution in [-0.2, 0) is 4.79 Å². The molecule has 0 fully saturated rings. The molecule has 23 heavy (non-hydrogen) atoms. The number of carbonyl (C=O) groups excluding carboxylic acids is 2. The van der Waals surface area contributed by atoms with Crippen molar-refractivity contribution in [2.45, 2.75) is 27.2 Å². The van der Waals surface area contributed by atoms with Gasteiger partial charge in [-0.15, -0.1) is 0 Å². The highest BCUT2D eigenvalue weighted by Crippen LogP contribution is 2.16.